The molecule has 0 unspecified atom stereocenters. The number of rotatable bonds is 2. The van der Waals surface area contributed by atoms with E-state index in [1.54, 1.807) is 27.8 Å². The summed E-state index contributed by atoms with van der Waals surface area (Å²) in [4.78, 5) is 12.4. The molecule has 1 saturated heterocycles. The molecule has 0 radical (unpaired) electrons. The first kappa shape index (κ1) is 13.4. The van der Waals surface area contributed by atoms with Crippen molar-refractivity contribution in [3.8, 4) is 0 Å². The highest BCUT2D eigenvalue weighted by Gasteiger charge is 2.22. The first-order valence-electron chi connectivity index (χ1n) is 6.69. The second-order valence-electron chi connectivity index (χ2n) is 5.00. The van der Waals surface area contributed by atoms with Crippen LogP contribution < -0.4 is 0 Å². The van der Waals surface area contributed by atoms with Crippen LogP contribution in [0.1, 0.15) is 17.5 Å². The molecule has 6 heteroatoms. The molecule has 1 aliphatic heterocycles. The van der Waals surface area contributed by atoms with Gasteiger partial charge in [-0.1, -0.05) is 0 Å². The molecule has 0 bridgehead atoms. The molecule has 21 heavy (non-hydrogen) atoms. The molecule has 0 amide bonds. The summed E-state index contributed by atoms with van der Waals surface area (Å²) in [5, 5.41) is 8.18. The number of allylic oxidation sites excluding steroid dienone is 1. The molecule has 0 aromatic carbocycles. The average molecular weight is 284 g/mol. The van der Waals surface area contributed by atoms with Crippen LogP contribution in [0.5, 0.6) is 0 Å². The topological polar surface area (TPSA) is 61.9 Å². The largest absolute Gasteiger partial charge is 0.489 e. The molecular formula is C15H16N4O2. The first-order chi connectivity index (χ1) is 10.1. The minimum absolute atomic E-state index is 0.0750. The first-order valence-corrected chi connectivity index (χ1v) is 6.69. The van der Waals surface area contributed by atoms with E-state index in [4.69, 9.17) is 4.74 Å². The normalized spacial score (nSPS) is 19.2. The number of hydrogen-bond acceptors (Lipinski definition) is 4. The van der Waals surface area contributed by atoms with Gasteiger partial charge in [0.05, 0.1) is 19.0 Å². The molecule has 0 saturated carbocycles. The van der Waals surface area contributed by atoms with Gasteiger partial charge >= 0.3 is 0 Å². The van der Waals surface area contributed by atoms with Gasteiger partial charge in [-0.05, 0) is 12.2 Å². The third-order valence-corrected chi connectivity index (χ3v) is 3.23. The van der Waals surface area contributed by atoms with Crippen LogP contribution in [-0.4, -0.2) is 32.0 Å². The maximum atomic E-state index is 12.4. The van der Waals surface area contributed by atoms with Gasteiger partial charge in [-0.25, -0.2) is 0 Å². The van der Waals surface area contributed by atoms with Crippen molar-refractivity contribution < 1.29 is 9.53 Å². The molecule has 3 heterocycles. The monoisotopic (exact) mass is 284 g/mol. The van der Waals surface area contributed by atoms with Crippen molar-refractivity contribution in [2.75, 3.05) is 6.61 Å². The number of carbonyl (C=O) groups is 1. The van der Waals surface area contributed by atoms with E-state index in [0.717, 1.165) is 16.7 Å². The van der Waals surface area contributed by atoms with Crippen molar-refractivity contribution in [1.82, 2.24) is 19.6 Å². The standard InChI is InChI=1S/C15H16N4O2/c1-18-9-11(7-16-18)5-13-3-4-21-14(15(13)20)6-12-8-17-19(2)10-12/h5-10H,3-4H2,1-2H3/b13-5-,14-6+. The molecule has 1 fully saturated rings. The summed E-state index contributed by atoms with van der Waals surface area (Å²) in [6.07, 6.45) is 11.4. The molecule has 3 rings (SSSR count). The van der Waals surface area contributed by atoms with Gasteiger partial charge in [0.25, 0.3) is 0 Å². The predicted molar refractivity (Wildman–Crippen MR) is 77.9 cm³/mol. The summed E-state index contributed by atoms with van der Waals surface area (Å²) in [5.41, 5.74) is 2.51. The van der Waals surface area contributed by atoms with Gasteiger partial charge in [0, 0.05) is 49.6 Å². The van der Waals surface area contributed by atoms with E-state index in [-0.39, 0.29) is 5.78 Å². The highest BCUT2D eigenvalue weighted by atomic mass is 16.5. The SMILES string of the molecule is Cn1cc(/C=C2/CCO/C(=C/c3cnn(C)c3)C2=O)cn1. The lowest BCUT2D eigenvalue weighted by molar-refractivity contribution is -0.116. The predicted octanol–water partition coefficient (Wildman–Crippen LogP) is 1.57. The Bertz CT molecular complexity index is 676. The Morgan fingerprint density at radius 2 is 1.71 bits per heavy atom. The zero-order valence-electron chi connectivity index (χ0n) is 12.0. The number of aryl methyl sites for hydroxylation is 2. The molecule has 6 nitrogen and oxygen atoms in total. The fraction of sp³-hybridized carbons (Fsp3) is 0.267. The van der Waals surface area contributed by atoms with Crippen LogP contribution in [0.25, 0.3) is 12.2 Å². The van der Waals surface area contributed by atoms with E-state index < -0.39 is 0 Å². The van der Waals surface area contributed by atoms with Gasteiger partial charge in [-0.2, -0.15) is 10.2 Å². The smallest absolute Gasteiger partial charge is 0.223 e. The lowest BCUT2D eigenvalue weighted by atomic mass is 10.0. The number of carbonyl (C=O) groups excluding carboxylic acids is 1. The van der Waals surface area contributed by atoms with Crippen LogP contribution in [0.2, 0.25) is 0 Å². The Morgan fingerprint density at radius 3 is 2.29 bits per heavy atom. The van der Waals surface area contributed by atoms with Crippen LogP contribution in [0.15, 0.2) is 36.1 Å². The van der Waals surface area contributed by atoms with Gasteiger partial charge < -0.3 is 4.74 Å². The van der Waals surface area contributed by atoms with Crippen LogP contribution in [0.3, 0.4) is 0 Å². The van der Waals surface area contributed by atoms with Crippen molar-refractivity contribution in [3.63, 3.8) is 0 Å². The third-order valence-electron chi connectivity index (χ3n) is 3.23. The van der Waals surface area contributed by atoms with Crippen molar-refractivity contribution in [1.29, 1.82) is 0 Å². The van der Waals surface area contributed by atoms with E-state index in [2.05, 4.69) is 10.2 Å². The summed E-state index contributed by atoms with van der Waals surface area (Å²) in [6, 6.07) is 0. The maximum Gasteiger partial charge on any atom is 0.223 e. The number of nitrogens with zero attached hydrogens (tertiary/aromatic N) is 4. The summed E-state index contributed by atoms with van der Waals surface area (Å²) in [5.74, 6) is 0.290. The Balaban J connectivity index is 1.87. The quantitative estimate of drug-likeness (QED) is 0.785. The lowest BCUT2D eigenvalue weighted by Crippen LogP contribution is -2.17. The minimum Gasteiger partial charge on any atom is -0.489 e. The number of hydrogen-bond donors (Lipinski definition) is 0. The van der Waals surface area contributed by atoms with Crippen LogP contribution in [-0.2, 0) is 23.6 Å². The molecule has 0 N–H and O–H groups in total. The summed E-state index contributed by atoms with van der Waals surface area (Å²) in [6.45, 7) is 0.504. The van der Waals surface area contributed by atoms with Crippen molar-refractivity contribution >= 4 is 17.9 Å². The highest BCUT2D eigenvalue weighted by molar-refractivity contribution is 6.12. The maximum absolute atomic E-state index is 12.4. The molecule has 2 aromatic heterocycles. The summed E-state index contributed by atoms with van der Waals surface area (Å²) in [7, 11) is 3.68. The van der Waals surface area contributed by atoms with Crippen LogP contribution in [0.4, 0.5) is 0 Å². The Kier molecular flexibility index (Phi) is 3.43. The van der Waals surface area contributed by atoms with Crippen molar-refractivity contribution in [2.24, 2.45) is 14.1 Å². The number of aromatic nitrogens is 4. The van der Waals surface area contributed by atoms with E-state index in [9.17, 15) is 4.79 Å². The van der Waals surface area contributed by atoms with E-state index >= 15 is 0 Å². The second kappa shape index (κ2) is 5.40. The highest BCUT2D eigenvalue weighted by Crippen LogP contribution is 2.22. The second-order valence-corrected chi connectivity index (χ2v) is 5.00. The van der Waals surface area contributed by atoms with Gasteiger partial charge in [-0.15, -0.1) is 0 Å². The number of ether oxygens (including phenoxy) is 1. The number of ketones is 1. The van der Waals surface area contributed by atoms with Gasteiger partial charge in [-0.3, -0.25) is 14.2 Å². The zero-order chi connectivity index (χ0) is 14.8. The van der Waals surface area contributed by atoms with E-state index in [1.807, 2.05) is 32.6 Å². The molecule has 1 aliphatic rings. The van der Waals surface area contributed by atoms with Crippen LogP contribution >= 0.6 is 0 Å². The molecular weight excluding hydrogens is 268 g/mol. The Hall–Kier alpha value is -2.63. The van der Waals surface area contributed by atoms with Crippen molar-refractivity contribution in [2.45, 2.75) is 6.42 Å². The summed E-state index contributed by atoms with van der Waals surface area (Å²) < 4.78 is 8.89. The zero-order valence-corrected chi connectivity index (χ0v) is 12.0. The fourth-order valence-corrected chi connectivity index (χ4v) is 2.24. The molecule has 2 aromatic rings. The van der Waals surface area contributed by atoms with Crippen LogP contribution in [0, 0.1) is 0 Å². The van der Waals surface area contributed by atoms with Gasteiger partial charge in [0.2, 0.25) is 5.78 Å². The minimum atomic E-state index is -0.0750. The summed E-state index contributed by atoms with van der Waals surface area (Å²) >= 11 is 0. The Morgan fingerprint density at radius 1 is 1.10 bits per heavy atom. The molecule has 0 spiro atoms. The molecule has 0 aliphatic carbocycles. The molecule has 0 atom stereocenters. The number of Topliss-reactive ketones (excluding diaryl/α,β-unsaturated/α-hetero) is 1. The third kappa shape index (κ3) is 2.94. The van der Waals surface area contributed by atoms with Gasteiger partial charge in [0.1, 0.15) is 0 Å². The van der Waals surface area contributed by atoms with Gasteiger partial charge in [0.15, 0.2) is 5.76 Å². The average Bonchev–Trinajstić information content (AvgIpc) is 3.03. The van der Waals surface area contributed by atoms with E-state index in [1.165, 1.54) is 0 Å². The fourth-order valence-electron chi connectivity index (χ4n) is 2.24. The Labute approximate surface area is 122 Å². The van der Waals surface area contributed by atoms with Crippen molar-refractivity contribution in [3.05, 3.63) is 47.2 Å². The lowest BCUT2D eigenvalue weighted by Gasteiger charge is -2.17. The molecule has 108 valence electrons. The van der Waals surface area contributed by atoms with E-state index in [0.29, 0.717) is 18.8 Å².